The van der Waals surface area contributed by atoms with Crippen molar-refractivity contribution in [1.29, 1.82) is 5.26 Å². The Morgan fingerprint density at radius 2 is 2.27 bits per heavy atom. The van der Waals surface area contributed by atoms with E-state index in [2.05, 4.69) is 40.5 Å². The summed E-state index contributed by atoms with van der Waals surface area (Å²) in [5.41, 5.74) is 7.74. The molecule has 0 bridgehead atoms. The van der Waals surface area contributed by atoms with Crippen LogP contribution in [0.15, 0.2) is 18.2 Å². The summed E-state index contributed by atoms with van der Waals surface area (Å²) < 4.78 is 1.13. The summed E-state index contributed by atoms with van der Waals surface area (Å²) in [7, 11) is 0. The number of nitrogens with two attached hydrogens (primary N) is 1. The molecule has 0 aliphatic heterocycles. The van der Waals surface area contributed by atoms with Crippen molar-refractivity contribution in [2.24, 2.45) is 0 Å². The van der Waals surface area contributed by atoms with Crippen LogP contribution in [0, 0.1) is 14.9 Å². The van der Waals surface area contributed by atoms with E-state index < -0.39 is 0 Å². The Kier molecular flexibility index (Phi) is 4.69. The predicted molar refractivity (Wildman–Crippen MR) is 71.7 cm³/mol. The van der Waals surface area contributed by atoms with Crippen molar-refractivity contribution in [3.8, 4) is 6.07 Å². The first-order chi connectivity index (χ1) is 7.19. The van der Waals surface area contributed by atoms with Crippen LogP contribution in [0.5, 0.6) is 0 Å². The fourth-order valence-corrected chi connectivity index (χ4v) is 1.96. The Bertz CT molecular complexity index is 371. The molecule has 2 N–H and O–H groups in total. The van der Waals surface area contributed by atoms with Crippen LogP contribution in [0.25, 0.3) is 0 Å². The molecule has 15 heavy (non-hydrogen) atoms. The van der Waals surface area contributed by atoms with Gasteiger partial charge < -0.3 is 10.6 Å². The molecule has 0 atom stereocenters. The van der Waals surface area contributed by atoms with E-state index in [9.17, 15) is 0 Å². The number of halogens is 1. The Morgan fingerprint density at radius 3 is 2.80 bits per heavy atom. The van der Waals surface area contributed by atoms with Gasteiger partial charge in [-0.2, -0.15) is 5.26 Å². The molecule has 0 fully saturated rings. The van der Waals surface area contributed by atoms with Gasteiger partial charge in [-0.3, -0.25) is 0 Å². The van der Waals surface area contributed by atoms with Crippen molar-refractivity contribution in [1.82, 2.24) is 0 Å². The monoisotopic (exact) mass is 315 g/mol. The van der Waals surface area contributed by atoms with Gasteiger partial charge >= 0.3 is 0 Å². The lowest BCUT2D eigenvalue weighted by molar-refractivity contribution is 0.828. The highest BCUT2D eigenvalue weighted by atomic mass is 127. The minimum atomic E-state index is 0.527. The topological polar surface area (TPSA) is 53.0 Å². The molecule has 0 aromatic heterocycles. The number of nitrogens with zero attached hydrogens (tertiary/aromatic N) is 2. The van der Waals surface area contributed by atoms with Crippen LogP contribution in [0.4, 0.5) is 11.4 Å². The number of nitrogen functional groups attached to an aromatic ring is 1. The summed E-state index contributed by atoms with van der Waals surface area (Å²) >= 11 is 2.24. The molecule has 0 saturated carbocycles. The van der Waals surface area contributed by atoms with Crippen LogP contribution in [-0.4, -0.2) is 13.1 Å². The summed E-state index contributed by atoms with van der Waals surface area (Å²) in [5.74, 6) is 0. The fourth-order valence-electron chi connectivity index (χ4n) is 1.45. The maximum absolute atomic E-state index is 8.56. The molecule has 1 aromatic rings. The minimum Gasteiger partial charge on any atom is -0.397 e. The van der Waals surface area contributed by atoms with Gasteiger partial charge in [0.25, 0.3) is 0 Å². The fraction of sp³-hybridized carbons (Fsp3) is 0.364. The summed E-state index contributed by atoms with van der Waals surface area (Å²) in [6.45, 7) is 3.67. The van der Waals surface area contributed by atoms with Crippen molar-refractivity contribution in [3.63, 3.8) is 0 Å². The zero-order chi connectivity index (χ0) is 11.3. The molecule has 1 rings (SSSR count). The Labute approximate surface area is 104 Å². The largest absolute Gasteiger partial charge is 0.397 e. The van der Waals surface area contributed by atoms with Crippen molar-refractivity contribution in [2.75, 3.05) is 23.7 Å². The maximum atomic E-state index is 8.56. The predicted octanol–water partition coefficient (Wildman–Crippen LogP) is 2.61. The van der Waals surface area contributed by atoms with E-state index in [0.29, 0.717) is 6.42 Å². The molecule has 0 aliphatic rings. The van der Waals surface area contributed by atoms with E-state index >= 15 is 0 Å². The van der Waals surface area contributed by atoms with Crippen LogP contribution < -0.4 is 10.6 Å². The standard InChI is InChI=1S/C11H14IN3/c1-2-15(7-3-6-13)11-5-4-9(12)8-10(11)14/h4-5,8H,2-3,7,14H2,1H3. The van der Waals surface area contributed by atoms with E-state index in [4.69, 9.17) is 11.0 Å². The maximum Gasteiger partial charge on any atom is 0.0640 e. The number of rotatable bonds is 4. The van der Waals surface area contributed by atoms with Crippen molar-refractivity contribution in [3.05, 3.63) is 21.8 Å². The Balaban J connectivity index is 2.87. The second kappa shape index (κ2) is 5.81. The van der Waals surface area contributed by atoms with Gasteiger partial charge in [0, 0.05) is 16.7 Å². The molecule has 4 heteroatoms. The molecule has 0 heterocycles. The van der Waals surface area contributed by atoms with Gasteiger partial charge in [0.05, 0.1) is 23.9 Å². The van der Waals surface area contributed by atoms with Crippen molar-refractivity contribution >= 4 is 34.0 Å². The number of hydrogen-bond donors (Lipinski definition) is 1. The number of anilines is 2. The number of nitriles is 1. The third-order valence-corrected chi connectivity index (χ3v) is 2.88. The molecular formula is C11H14IN3. The molecule has 0 radical (unpaired) electrons. The molecule has 0 amide bonds. The van der Waals surface area contributed by atoms with Crippen molar-refractivity contribution in [2.45, 2.75) is 13.3 Å². The van der Waals surface area contributed by atoms with E-state index in [1.807, 2.05) is 18.2 Å². The quantitative estimate of drug-likeness (QED) is 0.686. The van der Waals surface area contributed by atoms with E-state index in [1.165, 1.54) is 0 Å². The molecular weight excluding hydrogens is 301 g/mol. The van der Waals surface area contributed by atoms with Gasteiger partial charge in [0.15, 0.2) is 0 Å². The number of hydrogen-bond acceptors (Lipinski definition) is 3. The second-order valence-corrected chi connectivity index (χ2v) is 4.44. The molecule has 80 valence electrons. The SMILES string of the molecule is CCN(CCC#N)c1ccc(I)cc1N. The molecule has 0 saturated heterocycles. The smallest absolute Gasteiger partial charge is 0.0640 e. The summed E-state index contributed by atoms with van der Waals surface area (Å²) in [5, 5.41) is 8.56. The second-order valence-electron chi connectivity index (χ2n) is 3.19. The normalized spacial score (nSPS) is 9.67. The summed E-state index contributed by atoms with van der Waals surface area (Å²) in [6.07, 6.45) is 0.527. The summed E-state index contributed by atoms with van der Waals surface area (Å²) in [4.78, 5) is 2.12. The molecule has 3 nitrogen and oxygen atoms in total. The van der Waals surface area contributed by atoms with Gasteiger partial charge in [-0.25, -0.2) is 0 Å². The zero-order valence-electron chi connectivity index (χ0n) is 8.70. The summed E-state index contributed by atoms with van der Waals surface area (Å²) in [6, 6.07) is 8.14. The van der Waals surface area contributed by atoms with E-state index in [1.54, 1.807) is 0 Å². The molecule has 0 spiro atoms. The van der Waals surface area contributed by atoms with Gasteiger partial charge in [0.2, 0.25) is 0 Å². The minimum absolute atomic E-state index is 0.527. The highest BCUT2D eigenvalue weighted by molar-refractivity contribution is 14.1. The lowest BCUT2D eigenvalue weighted by Crippen LogP contribution is -2.24. The first-order valence-corrected chi connectivity index (χ1v) is 5.93. The molecule has 1 aromatic carbocycles. The number of benzene rings is 1. The highest BCUT2D eigenvalue weighted by Crippen LogP contribution is 2.24. The lowest BCUT2D eigenvalue weighted by Gasteiger charge is -2.23. The van der Waals surface area contributed by atoms with Crippen LogP contribution >= 0.6 is 22.6 Å². The van der Waals surface area contributed by atoms with Crippen LogP contribution in [0.2, 0.25) is 0 Å². The first-order valence-electron chi connectivity index (χ1n) is 4.86. The first kappa shape index (κ1) is 12.1. The van der Waals surface area contributed by atoms with Gasteiger partial charge in [-0.15, -0.1) is 0 Å². The lowest BCUT2D eigenvalue weighted by atomic mass is 10.2. The zero-order valence-corrected chi connectivity index (χ0v) is 10.9. The highest BCUT2D eigenvalue weighted by Gasteiger charge is 2.07. The average molecular weight is 315 g/mol. The van der Waals surface area contributed by atoms with Gasteiger partial charge in [-0.1, -0.05) is 0 Å². The third kappa shape index (κ3) is 3.27. The molecule has 0 unspecified atom stereocenters. The van der Waals surface area contributed by atoms with Crippen LogP contribution in [0.3, 0.4) is 0 Å². The Hall–Kier alpha value is -0.960. The van der Waals surface area contributed by atoms with Crippen LogP contribution in [0.1, 0.15) is 13.3 Å². The third-order valence-electron chi connectivity index (χ3n) is 2.21. The van der Waals surface area contributed by atoms with E-state index in [0.717, 1.165) is 28.0 Å². The average Bonchev–Trinajstić information content (AvgIpc) is 2.21. The van der Waals surface area contributed by atoms with Crippen LogP contribution in [-0.2, 0) is 0 Å². The van der Waals surface area contributed by atoms with E-state index in [-0.39, 0.29) is 0 Å². The van der Waals surface area contributed by atoms with Gasteiger partial charge in [-0.05, 0) is 47.7 Å². The van der Waals surface area contributed by atoms with Crippen molar-refractivity contribution < 1.29 is 0 Å². The van der Waals surface area contributed by atoms with Gasteiger partial charge in [0.1, 0.15) is 0 Å². The molecule has 0 aliphatic carbocycles. The Morgan fingerprint density at radius 1 is 1.53 bits per heavy atom.